The first-order valence-electron chi connectivity index (χ1n) is 9.58. The van der Waals surface area contributed by atoms with Crippen LogP contribution in [0.2, 0.25) is 10.0 Å². The van der Waals surface area contributed by atoms with Crippen molar-refractivity contribution in [1.29, 1.82) is 0 Å². The molecule has 1 aromatic heterocycles. The first-order valence-corrected chi connectivity index (χ1v) is 10.3. The van der Waals surface area contributed by atoms with E-state index >= 15 is 0 Å². The minimum Gasteiger partial charge on any atom is -0.455 e. The molecule has 1 aliphatic heterocycles. The van der Waals surface area contributed by atoms with Crippen LogP contribution in [0, 0.1) is 0 Å². The molecule has 2 amide bonds. The molecule has 0 saturated heterocycles. The Labute approximate surface area is 192 Å². The van der Waals surface area contributed by atoms with E-state index < -0.39 is 5.91 Å². The summed E-state index contributed by atoms with van der Waals surface area (Å²) in [6.07, 6.45) is 5.92. The summed E-state index contributed by atoms with van der Waals surface area (Å²) in [6.45, 7) is -0.110. The van der Waals surface area contributed by atoms with Gasteiger partial charge in [-0.2, -0.15) is 4.98 Å². The van der Waals surface area contributed by atoms with Gasteiger partial charge in [-0.15, -0.1) is 0 Å². The van der Waals surface area contributed by atoms with Gasteiger partial charge in [-0.25, -0.2) is 4.98 Å². The van der Waals surface area contributed by atoms with Gasteiger partial charge in [-0.05, 0) is 41.8 Å². The van der Waals surface area contributed by atoms with Crippen LogP contribution in [0.5, 0.6) is 5.88 Å². The fourth-order valence-electron chi connectivity index (χ4n) is 3.72. The molecule has 160 valence electrons. The van der Waals surface area contributed by atoms with Crippen molar-refractivity contribution < 1.29 is 14.3 Å². The van der Waals surface area contributed by atoms with Crippen LogP contribution in [0.15, 0.2) is 42.6 Å². The van der Waals surface area contributed by atoms with Gasteiger partial charge in [0.05, 0.1) is 15.7 Å². The van der Waals surface area contributed by atoms with Gasteiger partial charge in [0.25, 0.3) is 5.91 Å². The van der Waals surface area contributed by atoms with Crippen molar-refractivity contribution in [2.75, 3.05) is 16.9 Å². The van der Waals surface area contributed by atoms with Crippen LogP contribution in [0.25, 0.3) is 6.08 Å². The third-order valence-corrected chi connectivity index (χ3v) is 5.80. The number of nitrogens with two attached hydrogens (primary N) is 1. The zero-order chi connectivity index (χ0) is 22.4. The quantitative estimate of drug-likeness (QED) is 0.594. The van der Waals surface area contributed by atoms with Crippen molar-refractivity contribution >= 4 is 58.4 Å². The number of amides is 2. The summed E-state index contributed by atoms with van der Waals surface area (Å²) in [4.78, 5) is 34.7. The van der Waals surface area contributed by atoms with E-state index in [9.17, 15) is 9.59 Å². The molecular formula is C22H15Cl2N5O3. The summed E-state index contributed by atoms with van der Waals surface area (Å²) < 4.78 is 5.70. The molecule has 5 rings (SSSR count). The molecule has 2 aromatic carbocycles. The number of primary amides is 1. The average molecular weight is 468 g/mol. The number of fused-ring (bicyclic) bond motifs is 2. The van der Waals surface area contributed by atoms with E-state index in [2.05, 4.69) is 15.3 Å². The molecular weight excluding hydrogens is 453 g/mol. The van der Waals surface area contributed by atoms with Gasteiger partial charge < -0.3 is 15.8 Å². The Kier molecular flexibility index (Phi) is 4.96. The maximum absolute atomic E-state index is 13.0. The molecule has 0 spiro atoms. The van der Waals surface area contributed by atoms with Gasteiger partial charge in [-0.3, -0.25) is 14.5 Å². The lowest BCUT2D eigenvalue weighted by molar-refractivity contribution is 0.0931. The summed E-state index contributed by atoms with van der Waals surface area (Å²) in [7, 11) is 0. The van der Waals surface area contributed by atoms with Gasteiger partial charge in [0, 0.05) is 17.4 Å². The maximum Gasteiger partial charge on any atom is 0.268 e. The Hall–Kier alpha value is -3.62. The maximum atomic E-state index is 13.0. The summed E-state index contributed by atoms with van der Waals surface area (Å²) in [5.41, 5.74) is 8.89. The second kappa shape index (κ2) is 7.81. The number of hydrogen-bond acceptors (Lipinski definition) is 6. The molecule has 0 fully saturated rings. The molecule has 10 heteroatoms. The number of nitrogens with one attached hydrogen (secondary N) is 1. The number of halogens is 2. The van der Waals surface area contributed by atoms with Crippen LogP contribution in [-0.2, 0) is 6.42 Å². The molecule has 2 heterocycles. The zero-order valence-electron chi connectivity index (χ0n) is 16.4. The van der Waals surface area contributed by atoms with E-state index in [4.69, 9.17) is 33.7 Å². The fraction of sp³-hybridized carbons (Fsp3) is 0.0909. The van der Waals surface area contributed by atoms with Gasteiger partial charge >= 0.3 is 0 Å². The highest BCUT2D eigenvalue weighted by Crippen LogP contribution is 2.37. The van der Waals surface area contributed by atoms with Crippen molar-refractivity contribution in [2.24, 2.45) is 5.73 Å². The first kappa shape index (κ1) is 20.3. The Bertz CT molecular complexity index is 1300. The predicted molar refractivity (Wildman–Crippen MR) is 122 cm³/mol. The number of para-hydroxylation sites is 1. The molecule has 0 saturated carbocycles. The highest BCUT2D eigenvalue weighted by Gasteiger charge is 2.31. The lowest BCUT2D eigenvalue weighted by Gasteiger charge is -2.29. The van der Waals surface area contributed by atoms with Crippen LogP contribution in [0.3, 0.4) is 0 Å². The first-order chi connectivity index (χ1) is 15.4. The molecule has 2 aliphatic rings. The lowest BCUT2D eigenvalue weighted by Crippen LogP contribution is -2.39. The Balaban J connectivity index is 1.44. The molecule has 32 heavy (non-hydrogen) atoms. The molecule has 0 atom stereocenters. The highest BCUT2D eigenvalue weighted by molar-refractivity contribution is 6.40. The number of carbonyl (C=O) groups is 2. The minimum absolute atomic E-state index is 0.110. The summed E-state index contributed by atoms with van der Waals surface area (Å²) in [5.74, 6) is -0.556. The number of benzene rings is 2. The predicted octanol–water partition coefficient (Wildman–Crippen LogP) is 4.19. The van der Waals surface area contributed by atoms with Gasteiger partial charge in [-0.1, -0.05) is 41.4 Å². The molecule has 1 aliphatic carbocycles. The Morgan fingerprint density at radius 3 is 2.75 bits per heavy atom. The summed E-state index contributed by atoms with van der Waals surface area (Å²) >= 11 is 12.5. The van der Waals surface area contributed by atoms with Crippen molar-refractivity contribution in [3.8, 4) is 5.88 Å². The lowest BCUT2D eigenvalue weighted by atomic mass is 10.0. The average Bonchev–Trinajstić information content (AvgIpc) is 3.23. The topological polar surface area (TPSA) is 110 Å². The molecule has 0 bridgehead atoms. The number of aromatic nitrogens is 2. The third kappa shape index (κ3) is 3.43. The number of nitrogens with zero attached hydrogens (tertiary/aromatic N) is 3. The molecule has 3 aromatic rings. The smallest absolute Gasteiger partial charge is 0.268 e. The van der Waals surface area contributed by atoms with Crippen molar-refractivity contribution in [3.05, 3.63) is 74.9 Å². The van der Waals surface area contributed by atoms with Crippen LogP contribution < -0.4 is 20.7 Å². The highest BCUT2D eigenvalue weighted by atomic mass is 35.5. The fourth-order valence-corrected chi connectivity index (χ4v) is 4.32. The van der Waals surface area contributed by atoms with Gasteiger partial charge in [0.15, 0.2) is 6.73 Å². The summed E-state index contributed by atoms with van der Waals surface area (Å²) in [5, 5.41) is 3.70. The molecule has 0 unspecified atom stereocenters. The number of ether oxygens (including phenoxy) is 1. The second-order valence-corrected chi connectivity index (χ2v) is 7.99. The molecule has 3 N–H and O–H groups in total. The van der Waals surface area contributed by atoms with Crippen LogP contribution in [-0.4, -0.2) is 28.5 Å². The SMILES string of the molecule is NC(=O)c1cc(Nc2ncc3c(n2)OCN(c2c(Cl)cccc2Cl)C3=O)cc2c1CC=C2. The summed E-state index contributed by atoms with van der Waals surface area (Å²) in [6, 6.07) is 8.50. The van der Waals surface area contributed by atoms with Crippen molar-refractivity contribution in [1.82, 2.24) is 9.97 Å². The number of rotatable bonds is 4. The van der Waals surface area contributed by atoms with Crippen molar-refractivity contribution in [3.63, 3.8) is 0 Å². The van der Waals surface area contributed by atoms with Gasteiger partial charge in [0.2, 0.25) is 17.7 Å². The van der Waals surface area contributed by atoms with Gasteiger partial charge in [0.1, 0.15) is 5.56 Å². The van der Waals surface area contributed by atoms with E-state index in [1.165, 1.54) is 11.1 Å². The number of anilines is 3. The van der Waals surface area contributed by atoms with Crippen molar-refractivity contribution in [2.45, 2.75) is 6.42 Å². The minimum atomic E-state index is -0.507. The van der Waals surface area contributed by atoms with E-state index in [0.29, 0.717) is 33.4 Å². The monoisotopic (exact) mass is 467 g/mol. The largest absolute Gasteiger partial charge is 0.455 e. The number of allylic oxidation sites excluding steroid dienone is 1. The van der Waals surface area contributed by atoms with Crippen LogP contribution >= 0.6 is 23.2 Å². The Morgan fingerprint density at radius 1 is 1.22 bits per heavy atom. The third-order valence-electron chi connectivity index (χ3n) is 5.19. The van der Waals surface area contributed by atoms with E-state index in [1.807, 2.05) is 18.2 Å². The van der Waals surface area contributed by atoms with E-state index in [0.717, 1.165) is 11.1 Å². The van der Waals surface area contributed by atoms with E-state index in [-0.39, 0.29) is 30.0 Å². The van der Waals surface area contributed by atoms with Crippen LogP contribution in [0.4, 0.5) is 17.3 Å². The number of hydrogen-bond donors (Lipinski definition) is 2. The van der Waals surface area contributed by atoms with E-state index in [1.54, 1.807) is 24.3 Å². The zero-order valence-corrected chi connectivity index (χ0v) is 17.9. The second-order valence-electron chi connectivity index (χ2n) is 7.18. The van der Waals surface area contributed by atoms with Crippen LogP contribution in [0.1, 0.15) is 31.8 Å². The molecule has 8 nitrogen and oxygen atoms in total. The molecule has 0 radical (unpaired) electrons. The number of carbonyl (C=O) groups excluding carboxylic acids is 2. The normalized spacial score (nSPS) is 14.1. The Morgan fingerprint density at radius 2 is 2.00 bits per heavy atom. The standard InChI is InChI=1S/C22H15Cl2N5O3/c23-16-5-2-6-17(24)18(16)29-10-32-20-15(21(29)31)9-26-22(28-20)27-12-7-11-3-1-4-13(11)14(8-12)19(25)30/h1-3,5-9H,4,10H2,(H2,25,30)(H,26,27,28).